The Morgan fingerprint density at radius 2 is 1.44 bits per heavy atom. The highest BCUT2D eigenvalue weighted by Crippen LogP contribution is 2.23. The number of alkyl halides is 3. The fourth-order valence-corrected chi connectivity index (χ4v) is 1.95. The molecular weight excluding hydrogens is 273 g/mol. The third-order valence-electron chi connectivity index (χ3n) is 2.49. The molecule has 0 rings (SSSR count). The molecule has 0 aliphatic carbocycles. The zero-order valence-electron chi connectivity index (χ0n) is 9.95. The third-order valence-corrected chi connectivity index (χ3v) is 3.40. The molecule has 4 nitrogen and oxygen atoms in total. The predicted octanol–water partition coefficient (Wildman–Crippen LogP) is 2.53. The predicted molar refractivity (Wildman–Crippen MR) is 58.7 cm³/mol. The van der Waals surface area contributed by atoms with Gasteiger partial charge in [0.05, 0.1) is 0 Å². The molecule has 1 N–H and O–H groups in total. The second-order valence-electron chi connectivity index (χ2n) is 4.22. The number of rotatable bonds is 9. The smallest absolute Gasteiger partial charge is 0.389 e. The van der Waals surface area contributed by atoms with Crippen LogP contribution >= 0.6 is 0 Å². The van der Waals surface area contributed by atoms with Gasteiger partial charge in [0.15, 0.2) is 0 Å². The number of unbranched alkanes of at least 4 members (excludes halogenated alkanes) is 5. The zero-order valence-corrected chi connectivity index (χ0v) is 10.8. The van der Waals surface area contributed by atoms with E-state index in [2.05, 4.69) is 0 Å². The van der Waals surface area contributed by atoms with Gasteiger partial charge in [0.1, 0.15) is 15.6 Å². The normalized spacial score (nSPS) is 14.7. The lowest BCUT2D eigenvalue weighted by molar-refractivity contribution is -0.135. The molecule has 0 saturated heterocycles. The SMILES string of the molecule is O=S(=O)([O-])C(O)CCCCCCCCC(F)(F)F. The van der Waals surface area contributed by atoms with Crippen molar-refractivity contribution in [2.24, 2.45) is 0 Å². The highest BCUT2D eigenvalue weighted by Gasteiger charge is 2.25. The molecule has 0 radical (unpaired) electrons. The topological polar surface area (TPSA) is 77.4 Å². The summed E-state index contributed by atoms with van der Waals surface area (Å²) in [6.45, 7) is 0. The molecule has 1 unspecified atom stereocenters. The van der Waals surface area contributed by atoms with E-state index in [9.17, 15) is 26.1 Å². The van der Waals surface area contributed by atoms with Gasteiger partial charge in [0, 0.05) is 6.42 Å². The van der Waals surface area contributed by atoms with Crippen LogP contribution in [0, 0.1) is 0 Å². The fourth-order valence-electron chi connectivity index (χ4n) is 1.50. The van der Waals surface area contributed by atoms with Gasteiger partial charge in [-0.25, -0.2) is 8.42 Å². The summed E-state index contributed by atoms with van der Waals surface area (Å²) in [6.07, 6.45) is -2.15. The minimum absolute atomic E-state index is 0.0983. The number of hydrogen-bond donors (Lipinski definition) is 1. The molecular formula is C10H18F3O4S-. The molecule has 0 fully saturated rings. The van der Waals surface area contributed by atoms with Crippen molar-refractivity contribution >= 4 is 10.1 Å². The second-order valence-corrected chi connectivity index (χ2v) is 5.75. The van der Waals surface area contributed by atoms with E-state index in [0.29, 0.717) is 32.1 Å². The summed E-state index contributed by atoms with van der Waals surface area (Å²) in [4.78, 5) is 0. The Hall–Kier alpha value is -0.340. The summed E-state index contributed by atoms with van der Waals surface area (Å²) in [6, 6.07) is 0. The molecule has 0 aromatic heterocycles. The van der Waals surface area contributed by atoms with E-state index < -0.39 is 28.2 Å². The molecule has 0 amide bonds. The monoisotopic (exact) mass is 291 g/mol. The molecule has 1 atom stereocenters. The maximum absolute atomic E-state index is 11.8. The van der Waals surface area contributed by atoms with Gasteiger partial charge in [-0.3, -0.25) is 0 Å². The minimum Gasteiger partial charge on any atom is -0.746 e. The standard InChI is InChI=1S/C10H19F3O4S/c11-10(12,13)8-6-4-2-1-3-5-7-9(14)18(15,16)17/h9,14H,1-8H2,(H,15,16,17)/p-1. The molecule has 110 valence electrons. The van der Waals surface area contributed by atoms with Crippen LogP contribution in [0.5, 0.6) is 0 Å². The first kappa shape index (κ1) is 17.7. The molecule has 0 aliphatic rings. The van der Waals surface area contributed by atoms with Gasteiger partial charge in [0.2, 0.25) is 0 Å². The van der Waals surface area contributed by atoms with Crippen molar-refractivity contribution in [3.05, 3.63) is 0 Å². The summed E-state index contributed by atoms with van der Waals surface area (Å²) >= 11 is 0. The molecule has 0 aromatic rings. The Kier molecular flexibility index (Phi) is 7.81. The summed E-state index contributed by atoms with van der Waals surface area (Å²) in [5, 5.41) is 8.89. The zero-order chi connectivity index (χ0) is 14.2. The first-order valence-corrected chi connectivity index (χ1v) is 7.29. The number of aliphatic hydroxyl groups excluding tert-OH is 1. The van der Waals surface area contributed by atoms with Crippen LogP contribution < -0.4 is 0 Å². The number of aliphatic hydroxyl groups is 1. The fraction of sp³-hybridized carbons (Fsp3) is 1.00. The van der Waals surface area contributed by atoms with Gasteiger partial charge in [-0.1, -0.05) is 25.7 Å². The van der Waals surface area contributed by atoms with Crippen LogP contribution in [0.1, 0.15) is 51.4 Å². The Labute approximate surface area is 105 Å². The maximum atomic E-state index is 11.8. The van der Waals surface area contributed by atoms with Crippen molar-refractivity contribution in [3.8, 4) is 0 Å². The molecule has 0 aliphatic heterocycles. The van der Waals surface area contributed by atoms with Crippen LogP contribution in [-0.2, 0) is 10.1 Å². The van der Waals surface area contributed by atoms with Gasteiger partial charge in [0.25, 0.3) is 0 Å². The van der Waals surface area contributed by atoms with Crippen LogP contribution in [0.4, 0.5) is 13.2 Å². The average molecular weight is 291 g/mol. The van der Waals surface area contributed by atoms with Crippen molar-refractivity contribution in [2.75, 3.05) is 0 Å². The van der Waals surface area contributed by atoms with Gasteiger partial charge in [-0.05, 0) is 19.3 Å². The number of hydrogen-bond acceptors (Lipinski definition) is 4. The van der Waals surface area contributed by atoms with Crippen molar-refractivity contribution in [3.63, 3.8) is 0 Å². The van der Waals surface area contributed by atoms with Crippen LogP contribution in [-0.4, -0.2) is 29.7 Å². The van der Waals surface area contributed by atoms with Crippen molar-refractivity contribution < 1.29 is 31.2 Å². The largest absolute Gasteiger partial charge is 0.746 e. The lowest BCUT2D eigenvalue weighted by Gasteiger charge is -2.14. The van der Waals surface area contributed by atoms with Crippen LogP contribution in [0.15, 0.2) is 0 Å². The third kappa shape index (κ3) is 10.8. The minimum atomic E-state index is -4.64. The Morgan fingerprint density at radius 3 is 1.89 bits per heavy atom. The van der Waals surface area contributed by atoms with Crippen LogP contribution in [0.25, 0.3) is 0 Å². The Bertz CT molecular complexity index is 314. The van der Waals surface area contributed by atoms with Gasteiger partial charge in [-0.2, -0.15) is 13.2 Å². The maximum Gasteiger partial charge on any atom is 0.389 e. The van der Waals surface area contributed by atoms with Crippen molar-refractivity contribution in [2.45, 2.75) is 63.0 Å². The van der Waals surface area contributed by atoms with E-state index >= 15 is 0 Å². The van der Waals surface area contributed by atoms with Gasteiger partial charge in [-0.15, -0.1) is 0 Å². The molecule has 0 spiro atoms. The molecule has 0 aromatic carbocycles. The Balaban J connectivity index is 3.37. The van der Waals surface area contributed by atoms with E-state index in [1.54, 1.807) is 0 Å². The van der Waals surface area contributed by atoms with Crippen molar-refractivity contribution in [1.29, 1.82) is 0 Å². The summed E-state index contributed by atoms with van der Waals surface area (Å²) in [5.74, 6) is 0. The first-order chi connectivity index (χ1) is 8.13. The van der Waals surface area contributed by atoms with E-state index in [1.807, 2.05) is 0 Å². The van der Waals surface area contributed by atoms with Crippen LogP contribution in [0.2, 0.25) is 0 Å². The van der Waals surface area contributed by atoms with Gasteiger partial charge < -0.3 is 9.66 Å². The highest BCUT2D eigenvalue weighted by molar-refractivity contribution is 7.86. The van der Waals surface area contributed by atoms with E-state index in [-0.39, 0.29) is 12.8 Å². The molecule has 8 heteroatoms. The lowest BCUT2D eigenvalue weighted by atomic mass is 10.1. The average Bonchev–Trinajstić information content (AvgIpc) is 2.18. The second kappa shape index (κ2) is 7.96. The molecule has 0 saturated carbocycles. The van der Waals surface area contributed by atoms with E-state index in [0.717, 1.165) is 0 Å². The van der Waals surface area contributed by atoms with Gasteiger partial charge >= 0.3 is 6.18 Å². The molecule has 18 heavy (non-hydrogen) atoms. The first-order valence-electron chi connectivity index (χ1n) is 5.82. The summed E-state index contributed by atoms with van der Waals surface area (Å²) in [7, 11) is -4.64. The Morgan fingerprint density at radius 1 is 1.00 bits per heavy atom. The molecule has 0 heterocycles. The van der Waals surface area contributed by atoms with E-state index in [1.165, 1.54) is 0 Å². The summed E-state index contributed by atoms with van der Waals surface area (Å²) in [5.41, 5.74) is -1.87. The van der Waals surface area contributed by atoms with Crippen molar-refractivity contribution in [1.82, 2.24) is 0 Å². The lowest BCUT2D eigenvalue weighted by Crippen LogP contribution is -2.19. The summed E-state index contributed by atoms with van der Waals surface area (Å²) < 4.78 is 66.3. The molecule has 0 bridgehead atoms. The number of halogens is 3. The quantitative estimate of drug-likeness (QED) is 0.523. The van der Waals surface area contributed by atoms with E-state index in [4.69, 9.17) is 5.11 Å². The van der Waals surface area contributed by atoms with Crippen LogP contribution in [0.3, 0.4) is 0 Å². The highest BCUT2D eigenvalue weighted by atomic mass is 32.2.